The van der Waals surface area contributed by atoms with Crippen LogP contribution in [0.15, 0.2) is 35.7 Å². The molecule has 2 atom stereocenters. The summed E-state index contributed by atoms with van der Waals surface area (Å²) in [6.07, 6.45) is 7.18. The molecule has 3 rings (SSSR count). The number of hydrogen-bond donors (Lipinski definition) is 1. The first-order valence-electron chi connectivity index (χ1n) is 7.68. The zero-order valence-electron chi connectivity index (χ0n) is 13.3. The highest BCUT2D eigenvalue weighted by Crippen LogP contribution is 2.33. The Morgan fingerprint density at radius 3 is 2.91 bits per heavy atom. The number of ether oxygens (including phenoxy) is 1. The van der Waals surface area contributed by atoms with Crippen molar-refractivity contribution in [2.24, 2.45) is 20.0 Å². The van der Waals surface area contributed by atoms with Crippen molar-refractivity contribution in [2.75, 3.05) is 13.2 Å². The van der Waals surface area contributed by atoms with Crippen molar-refractivity contribution in [1.82, 2.24) is 19.1 Å². The standard InChI is InChI=1S/C15H22N4O3S/c1-18-7-3-6-14(18)23(20,21)17-10-12-5-4-8-22-15(12)13-9-16-19(2)11-13/h3,6-7,9,11-12,15,17H,4-5,8,10H2,1-2H3/t12-,15+/m0/s1. The van der Waals surface area contributed by atoms with E-state index in [4.69, 9.17) is 4.74 Å². The third kappa shape index (κ3) is 3.49. The van der Waals surface area contributed by atoms with Crippen molar-refractivity contribution in [3.63, 3.8) is 0 Å². The molecule has 1 aliphatic heterocycles. The Morgan fingerprint density at radius 2 is 2.26 bits per heavy atom. The van der Waals surface area contributed by atoms with E-state index in [1.54, 1.807) is 40.8 Å². The molecule has 2 aromatic rings. The number of aromatic nitrogens is 3. The van der Waals surface area contributed by atoms with Crippen molar-refractivity contribution in [1.29, 1.82) is 0 Å². The van der Waals surface area contributed by atoms with Gasteiger partial charge < -0.3 is 9.30 Å². The van der Waals surface area contributed by atoms with Crippen LogP contribution in [-0.2, 0) is 28.9 Å². The van der Waals surface area contributed by atoms with Crippen LogP contribution in [0.25, 0.3) is 0 Å². The summed E-state index contributed by atoms with van der Waals surface area (Å²) >= 11 is 0. The monoisotopic (exact) mass is 338 g/mol. The van der Waals surface area contributed by atoms with Gasteiger partial charge in [0.15, 0.2) is 0 Å². The Balaban J connectivity index is 1.72. The minimum Gasteiger partial charge on any atom is -0.373 e. The molecule has 1 fully saturated rings. The molecule has 1 aliphatic rings. The minimum absolute atomic E-state index is 0.1000. The van der Waals surface area contributed by atoms with Crippen molar-refractivity contribution >= 4 is 10.0 Å². The van der Waals surface area contributed by atoms with Gasteiger partial charge in [-0.2, -0.15) is 5.10 Å². The fourth-order valence-electron chi connectivity index (χ4n) is 3.02. The van der Waals surface area contributed by atoms with Crippen LogP contribution in [0, 0.1) is 5.92 Å². The molecule has 2 aromatic heterocycles. The molecule has 0 spiro atoms. The van der Waals surface area contributed by atoms with Crippen LogP contribution >= 0.6 is 0 Å². The maximum absolute atomic E-state index is 12.4. The number of nitrogens with zero attached hydrogens (tertiary/aromatic N) is 3. The van der Waals surface area contributed by atoms with Crippen LogP contribution in [0.1, 0.15) is 24.5 Å². The van der Waals surface area contributed by atoms with E-state index in [0.717, 1.165) is 18.4 Å². The largest absolute Gasteiger partial charge is 0.373 e. The zero-order chi connectivity index (χ0) is 16.4. The first kappa shape index (κ1) is 16.2. The smallest absolute Gasteiger partial charge is 0.256 e. The molecule has 1 saturated heterocycles. The van der Waals surface area contributed by atoms with E-state index in [1.165, 1.54) is 0 Å². The van der Waals surface area contributed by atoms with Gasteiger partial charge >= 0.3 is 0 Å². The minimum atomic E-state index is -3.51. The van der Waals surface area contributed by atoms with Crippen LogP contribution in [0.3, 0.4) is 0 Å². The molecule has 3 heterocycles. The third-order valence-corrected chi connectivity index (χ3v) is 5.73. The van der Waals surface area contributed by atoms with Gasteiger partial charge in [-0.15, -0.1) is 0 Å². The summed E-state index contributed by atoms with van der Waals surface area (Å²) < 4.78 is 36.8. The van der Waals surface area contributed by atoms with Crippen LogP contribution in [-0.4, -0.2) is 35.9 Å². The lowest BCUT2D eigenvalue weighted by molar-refractivity contribution is -0.0262. The lowest BCUT2D eigenvalue weighted by Gasteiger charge is -2.31. The molecular formula is C15H22N4O3S. The van der Waals surface area contributed by atoms with Gasteiger partial charge in [0.25, 0.3) is 10.0 Å². The Hall–Kier alpha value is -1.64. The molecule has 23 heavy (non-hydrogen) atoms. The van der Waals surface area contributed by atoms with Gasteiger partial charge in [0.2, 0.25) is 0 Å². The zero-order valence-corrected chi connectivity index (χ0v) is 14.2. The summed E-state index contributed by atoms with van der Waals surface area (Å²) in [5, 5.41) is 4.45. The molecular weight excluding hydrogens is 316 g/mol. The van der Waals surface area contributed by atoms with E-state index in [-0.39, 0.29) is 17.0 Å². The third-order valence-electron chi connectivity index (χ3n) is 4.21. The molecule has 1 N–H and O–H groups in total. The van der Waals surface area contributed by atoms with Gasteiger partial charge in [0, 0.05) is 51.1 Å². The van der Waals surface area contributed by atoms with Crippen molar-refractivity contribution in [3.05, 3.63) is 36.3 Å². The molecule has 0 unspecified atom stereocenters. The second kappa shape index (κ2) is 6.46. The summed E-state index contributed by atoms with van der Waals surface area (Å²) in [5.74, 6) is 0.1000. The Labute approximate surface area is 136 Å². The number of nitrogens with one attached hydrogen (secondary N) is 1. The van der Waals surface area contributed by atoms with Crippen LogP contribution in [0.2, 0.25) is 0 Å². The van der Waals surface area contributed by atoms with E-state index in [9.17, 15) is 8.42 Å². The number of aryl methyl sites for hydroxylation is 2. The Kier molecular flexibility index (Phi) is 4.56. The quantitative estimate of drug-likeness (QED) is 0.889. The Morgan fingerprint density at radius 1 is 1.43 bits per heavy atom. The molecule has 126 valence electrons. The molecule has 0 radical (unpaired) electrons. The average Bonchev–Trinajstić information content (AvgIpc) is 3.14. The van der Waals surface area contributed by atoms with Crippen molar-refractivity contribution in [2.45, 2.75) is 24.0 Å². The second-order valence-corrected chi connectivity index (χ2v) is 7.66. The Bertz CT molecular complexity index is 765. The fourth-order valence-corrected chi connectivity index (χ4v) is 4.30. The van der Waals surface area contributed by atoms with Gasteiger partial charge in [-0.05, 0) is 25.0 Å². The van der Waals surface area contributed by atoms with Crippen LogP contribution in [0.5, 0.6) is 0 Å². The highest BCUT2D eigenvalue weighted by atomic mass is 32.2. The molecule has 0 bridgehead atoms. The predicted octanol–water partition coefficient (Wildman–Crippen LogP) is 1.20. The molecule has 0 amide bonds. The fraction of sp³-hybridized carbons (Fsp3) is 0.533. The SMILES string of the molecule is Cn1cc([C@@H]2OCCC[C@H]2CNS(=O)(=O)c2cccn2C)cn1. The van der Waals surface area contributed by atoms with Gasteiger partial charge in [-0.1, -0.05) is 0 Å². The second-order valence-electron chi connectivity index (χ2n) is 5.95. The van der Waals surface area contributed by atoms with E-state index in [2.05, 4.69) is 9.82 Å². The van der Waals surface area contributed by atoms with Crippen LogP contribution < -0.4 is 4.72 Å². The van der Waals surface area contributed by atoms with E-state index in [1.807, 2.05) is 13.2 Å². The summed E-state index contributed by atoms with van der Waals surface area (Å²) in [7, 11) is 0.0687. The molecule has 8 heteroatoms. The van der Waals surface area contributed by atoms with E-state index >= 15 is 0 Å². The molecule has 0 aromatic carbocycles. The van der Waals surface area contributed by atoms with Gasteiger partial charge in [-0.25, -0.2) is 13.1 Å². The summed E-state index contributed by atoms with van der Waals surface area (Å²) in [6, 6.07) is 3.31. The first-order chi connectivity index (χ1) is 11.0. The number of sulfonamides is 1. The highest BCUT2D eigenvalue weighted by molar-refractivity contribution is 7.89. The summed E-state index contributed by atoms with van der Waals surface area (Å²) in [4.78, 5) is 0. The lowest BCUT2D eigenvalue weighted by Crippen LogP contribution is -2.35. The average molecular weight is 338 g/mol. The summed E-state index contributed by atoms with van der Waals surface area (Å²) in [5.41, 5.74) is 0.996. The number of rotatable bonds is 5. The summed E-state index contributed by atoms with van der Waals surface area (Å²) in [6.45, 7) is 1.05. The van der Waals surface area contributed by atoms with Gasteiger partial charge in [0.1, 0.15) is 5.03 Å². The van der Waals surface area contributed by atoms with Crippen LogP contribution in [0.4, 0.5) is 0 Å². The maximum atomic E-state index is 12.4. The highest BCUT2D eigenvalue weighted by Gasteiger charge is 2.30. The van der Waals surface area contributed by atoms with Crippen molar-refractivity contribution < 1.29 is 13.2 Å². The topological polar surface area (TPSA) is 78.1 Å². The van der Waals surface area contributed by atoms with Gasteiger partial charge in [-0.3, -0.25) is 4.68 Å². The van der Waals surface area contributed by atoms with Crippen molar-refractivity contribution in [3.8, 4) is 0 Å². The van der Waals surface area contributed by atoms with Gasteiger partial charge in [0.05, 0.1) is 12.3 Å². The molecule has 0 saturated carbocycles. The normalized spacial score (nSPS) is 22.3. The predicted molar refractivity (Wildman–Crippen MR) is 85.2 cm³/mol. The number of hydrogen-bond acceptors (Lipinski definition) is 4. The first-order valence-corrected chi connectivity index (χ1v) is 9.17. The molecule has 0 aliphatic carbocycles. The van der Waals surface area contributed by atoms with E-state index < -0.39 is 10.0 Å². The van der Waals surface area contributed by atoms with E-state index in [0.29, 0.717) is 13.2 Å². The maximum Gasteiger partial charge on any atom is 0.256 e. The molecule has 7 nitrogen and oxygen atoms in total. The lowest BCUT2D eigenvalue weighted by atomic mass is 9.91.